The van der Waals surface area contributed by atoms with Crippen molar-refractivity contribution < 1.29 is 9.84 Å². The lowest BCUT2D eigenvalue weighted by atomic mass is 9.98. The summed E-state index contributed by atoms with van der Waals surface area (Å²) in [5.41, 5.74) is 1.02. The van der Waals surface area contributed by atoms with Gasteiger partial charge in [0.15, 0.2) is 0 Å². The van der Waals surface area contributed by atoms with Gasteiger partial charge in [-0.15, -0.1) is 0 Å². The molecular formula is C12H17NO2. The SMILES string of the molecule is COc1ccc(CC2CCNC2)c(O)c1. The van der Waals surface area contributed by atoms with Crippen LogP contribution in [0.1, 0.15) is 12.0 Å². The Bertz CT molecular complexity index is 332. The molecule has 1 aromatic carbocycles. The normalized spacial score (nSPS) is 20.5. The lowest BCUT2D eigenvalue weighted by Crippen LogP contribution is -2.10. The molecule has 0 aromatic heterocycles. The first kappa shape index (κ1) is 10.3. The predicted molar refractivity (Wildman–Crippen MR) is 59.3 cm³/mol. The van der Waals surface area contributed by atoms with E-state index in [1.807, 2.05) is 12.1 Å². The second-order valence-electron chi connectivity index (χ2n) is 4.06. The molecule has 82 valence electrons. The molecule has 1 fully saturated rings. The summed E-state index contributed by atoms with van der Waals surface area (Å²) in [6.45, 7) is 2.16. The standard InChI is InChI=1S/C12H17NO2/c1-15-11-3-2-10(12(14)7-11)6-9-4-5-13-8-9/h2-3,7,9,13-14H,4-6,8H2,1H3. The van der Waals surface area contributed by atoms with Crippen LogP contribution in [0.5, 0.6) is 11.5 Å². The van der Waals surface area contributed by atoms with E-state index in [9.17, 15) is 5.11 Å². The van der Waals surface area contributed by atoms with Gasteiger partial charge in [-0.3, -0.25) is 0 Å². The van der Waals surface area contributed by atoms with Crippen LogP contribution in [0, 0.1) is 5.92 Å². The fraction of sp³-hybridized carbons (Fsp3) is 0.500. The molecule has 0 aliphatic carbocycles. The third-order valence-corrected chi connectivity index (χ3v) is 2.96. The van der Waals surface area contributed by atoms with Crippen molar-refractivity contribution in [3.8, 4) is 11.5 Å². The van der Waals surface area contributed by atoms with Gasteiger partial charge in [-0.2, -0.15) is 0 Å². The van der Waals surface area contributed by atoms with Crippen LogP contribution in [-0.4, -0.2) is 25.3 Å². The highest BCUT2D eigenvalue weighted by molar-refractivity contribution is 5.39. The van der Waals surface area contributed by atoms with Crippen molar-refractivity contribution >= 4 is 0 Å². The second-order valence-corrected chi connectivity index (χ2v) is 4.06. The van der Waals surface area contributed by atoms with E-state index >= 15 is 0 Å². The summed E-state index contributed by atoms with van der Waals surface area (Å²) in [6.07, 6.45) is 2.15. The summed E-state index contributed by atoms with van der Waals surface area (Å²) in [5, 5.41) is 13.1. The van der Waals surface area contributed by atoms with Crippen molar-refractivity contribution in [2.45, 2.75) is 12.8 Å². The van der Waals surface area contributed by atoms with Crippen molar-refractivity contribution in [2.24, 2.45) is 5.92 Å². The molecule has 1 aliphatic rings. The van der Waals surface area contributed by atoms with E-state index < -0.39 is 0 Å². The number of phenolic OH excluding ortho intramolecular Hbond substituents is 1. The van der Waals surface area contributed by atoms with Gasteiger partial charge < -0.3 is 15.2 Å². The molecular weight excluding hydrogens is 190 g/mol. The number of ether oxygens (including phenoxy) is 1. The Labute approximate surface area is 90.1 Å². The first-order valence-electron chi connectivity index (χ1n) is 5.36. The zero-order valence-electron chi connectivity index (χ0n) is 8.99. The molecule has 2 rings (SSSR count). The summed E-state index contributed by atoms with van der Waals surface area (Å²) in [5.74, 6) is 1.71. The Hall–Kier alpha value is -1.22. The van der Waals surface area contributed by atoms with Crippen LogP contribution in [0.2, 0.25) is 0 Å². The van der Waals surface area contributed by atoms with Crippen LogP contribution in [0.4, 0.5) is 0 Å². The van der Waals surface area contributed by atoms with Crippen LogP contribution >= 0.6 is 0 Å². The highest BCUT2D eigenvalue weighted by Gasteiger charge is 2.16. The van der Waals surface area contributed by atoms with Gasteiger partial charge >= 0.3 is 0 Å². The quantitative estimate of drug-likeness (QED) is 0.790. The summed E-state index contributed by atoms with van der Waals surface area (Å²) in [6, 6.07) is 5.53. The first-order chi connectivity index (χ1) is 7.29. The van der Waals surface area contributed by atoms with Crippen molar-refractivity contribution in [3.05, 3.63) is 23.8 Å². The number of benzene rings is 1. The van der Waals surface area contributed by atoms with Gasteiger partial charge in [-0.25, -0.2) is 0 Å². The highest BCUT2D eigenvalue weighted by Crippen LogP contribution is 2.26. The molecule has 0 amide bonds. The molecule has 0 radical (unpaired) electrons. The molecule has 3 nitrogen and oxygen atoms in total. The molecule has 3 heteroatoms. The number of rotatable bonds is 3. The molecule has 15 heavy (non-hydrogen) atoms. The molecule has 1 atom stereocenters. The van der Waals surface area contributed by atoms with Crippen LogP contribution in [0.15, 0.2) is 18.2 Å². The van der Waals surface area contributed by atoms with E-state index in [2.05, 4.69) is 5.32 Å². The van der Waals surface area contributed by atoms with Crippen LogP contribution in [-0.2, 0) is 6.42 Å². The molecule has 1 aliphatic heterocycles. The number of aromatic hydroxyl groups is 1. The Morgan fingerprint density at radius 1 is 1.53 bits per heavy atom. The Morgan fingerprint density at radius 2 is 2.40 bits per heavy atom. The zero-order chi connectivity index (χ0) is 10.7. The number of hydrogen-bond donors (Lipinski definition) is 2. The number of hydrogen-bond acceptors (Lipinski definition) is 3. The van der Waals surface area contributed by atoms with E-state index in [0.717, 1.165) is 25.1 Å². The Kier molecular flexibility index (Phi) is 3.11. The fourth-order valence-corrected chi connectivity index (χ4v) is 2.04. The van der Waals surface area contributed by atoms with E-state index in [1.165, 1.54) is 6.42 Å². The van der Waals surface area contributed by atoms with Gasteiger partial charge in [0, 0.05) is 6.07 Å². The number of phenols is 1. The Morgan fingerprint density at radius 3 is 3.00 bits per heavy atom. The lowest BCUT2D eigenvalue weighted by Gasteiger charge is -2.10. The number of nitrogens with one attached hydrogen (secondary N) is 1. The van der Waals surface area contributed by atoms with Gasteiger partial charge in [0.25, 0.3) is 0 Å². The fourth-order valence-electron chi connectivity index (χ4n) is 2.04. The van der Waals surface area contributed by atoms with E-state index in [1.54, 1.807) is 13.2 Å². The minimum absolute atomic E-state index is 0.348. The van der Waals surface area contributed by atoms with Crippen LogP contribution in [0.3, 0.4) is 0 Å². The molecule has 0 saturated carbocycles. The average Bonchev–Trinajstić information content (AvgIpc) is 2.74. The molecule has 1 saturated heterocycles. The predicted octanol–water partition coefficient (Wildman–Crippen LogP) is 1.55. The number of methoxy groups -OCH3 is 1. The summed E-state index contributed by atoms with van der Waals surface area (Å²) < 4.78 is 5.05. The van der Waals surface area contributed by atoms with Gasteiger partial charge in [0.2, 0.25) is 0 Å². The second kappa shape index (κ2) is 4.53. The largest absolute Gasteiger partial charge is 0.508 e. The highest BCUT2D eigenvalue weighted by atomic mass is 16.5. The molecule has 1 unspecified atom stereocenters. The maximum Gasteiger partial charge on any atom is 0.122 e. The van der Waals surface area contributed by atoms with Gasteiger partial charge in [0.05, 0.1) is 7.11 Å². The van der Waals surface area contributed by atoms with Crippen LogP contribution in [0.25, 0.3) is 0 Å². The maximum absolute atomic E-state index is 9.78. The smallest absolute Gasteiger partial charge is 0.122 e. The van der Waals surface area contributed by atoms with Crippen molar-refractivity contribution in [1.82, 2.24) is 5.32 Å². The van der Waals surface area contributed by atoms with E-state index in [-0.39, 0.29) is 0 Å². The summed E-state index contributed by atoms with van der Waals surface area (Å²) >= 11 is 0. The van der Waals surface area contributed by atoms with Crippen LogP contribution < -0.4 is 10.1 Å². The first-order valence-corrected chi connectivity index (χ1v) is 5.36. The zero-order valence-corrected chi connectivity index (χ0v) is 8.99. The third kappa shape index (κ3) is 2.42. The van der Waals surface area contributed by atoms with E-state index in [4.69, 9.17) is 4.74 Å². The summed E-state index contributed by atoms with van der Waals surface area (Å²) in [7, 11) is 1.61. The van der Waals surface area contributed by atoms with E-state index in [0.29, 0.717) is 17.4 Å². The molecule has 2 N–H and O–H groups in total. The van der Waals surface area contributed by atoms with Gasteiger partial charge in [-0.1, -0.05) is 6.07 Å². The van der Waals surface area contributed by atoms with Crippen molar-refractivity contribution in [1.29, 1.82) is 0 Å². The molecule has 0 spiro atoms. The topological polar surface area (TPSA) is 41.5 Å². The Balaban J connectivity index is 2.07. The van der Waals surface area contributed by atoms with Gasteiger partial charge in [-0.05, 0) is 43.5 Å². The summed E-state index contributed by atoms with van der Waals surface area (Å²) in [4.78, 5) is 0. The maximum atomic E-state index is 9.78. The molecule has 1 heterocycles. The minimum Gasteiger partial charge on any atom is -0.508 e. The average molecular weight is 207 g/mol. The lowest BCUT2D eigenvalue weighted by molar-refractivity contribution is 0.405. The minimum atomic E-state index is 0.348. The molecule has 0 bridgehead atoms. The third-order valence-electron chi connectivity index (χ3n) is 2.96. The van der Waals surface area contributed by atoms with Gasteiger partial charge in [0.1, 0.15) is 11.5 Å². The van der Waals surface area contributed by atoms with Crippen molar-refractivity contribution in [3.63, 3.8) is 0 Å². The molecule has 1 aromatic rings. The monoisotopic (exact) mass is 207 g/mol. The van der Waals surface area contributed by atoms with Crippen molar-refractivity contribution in [2.75, 3.05) is 20.2 Å².